The molecule has 1 aromatic heterocycles. The van der Waals surface area contributed by atoms with E-state index < -0.39 is 23.7 Å². The molecule has 0 fully saturated rings. The van der Waals surface area contributed by atoms with Gasteiger partial charge in [-0.3, -0.25) is 0 Å². The third kappa shape index (κ3) is 3.79. The van der Waals surface area contributed by atoms with E-state index in [0.717, 1.165) is 22.9 Å². The van der Waals surface area contributed by atoms with E-state index in [9.17, 15) is 22.8 Å². The van der Waals surface area contributed by atoms with Crippen LogP contribution in [-0.2, 0) is 15.7 Å². The van der Waals surface area contributed by atoms with Gasteiger partial charge in [0.15, 0.2) is 11.4 Å². The summed E-state index contributed by atoms with van der Waals surface area (Å²) in [5, 5.41) is 3.87. The average molecular weight is 371 g/mol. The van der Waals surface area contributed by atoms with Crippen LogP contribution < -0.4 is 5.73 Å². The summed E-state index contributed by atoms with van der Waals surface area (Å²) in [5.74, 6) is -1.83. The highest BCUT2D eigenvalue weighted by atomic mass is 19.4. The van der Waals surface area contributed by atoms with E-state index in [2.05, 4.69) is 5.10 Å². The molecule has 1 heterocycles. The zero-order chi connectivity index (χ0) is 19.5. The Kier molecular flexibility index (Phi) is 5.53. The van der Waals surface area contributed by atoms with Crippen LogP contribution >= 0.6 is 0 Å². The smallest absolute Gasteiger partial charge is 0.416 e. The van der Waals surface area contributed by atoms with Gasteiger partial charge in [-0.15, -0.1) is 0 Å². The molecule has 0 bridgehead atoms. The molecule has 0 unspecified atom stereocenters. The molecule has 10 heteroatoms. The lowest BCUT2D eigenvalue weighted by Crippen LogP contribution is -2.14. The molecular formula is C16H16F3N3O4. The Morgan fingerprint density at radius 3 is 2.35 bits per heavy atom. The van der Waals surface area contributed by atoms with Gasteiger partial charge in [0, 0.05) is 0 Å². The first-order valence-corrected chi connectivity index (χ1v) is 7.61. The molecule has 0 aliphatic rings. The van der Waals surface area contributed by atoms with Crippen LogP contribution in [0.5, 0.6) is 0 Å². The fourth-order valence-electron chi connectivity index (χ4n) is 2.18. The third-order valence-corrected chi connectivity index (χ3v) is 3.28. The minimum Gasteiger partial charge on any atom is -0.461 e. The number of carbonyl (C=O) groups excluding carboxylic acids is 2. The lowest BCUT2D eigenvalue weighted by Gasteiger charge is -2.11. The number of hydrogen-bond donors (Lipinski definition) is 1. The van der Waals surface area contributed by atoms with E-state index in [1.807, 2.05) is 0 Å². The number of ether oxygens (including phenoxy) is 2. The molecule has 2 aromatic rings. The van der Waals surface area contributed by atoms with E-state index >= 15 is 0 Å². The van der Waals surface area contributed by atoms with Gasteiger partial charge in [0.25, 0.3) is 0 Å². The lowest BCUT2D eigenvalue weighted by molar-refractivity contribution is -0.137. The highest BCUT2D eigenvalue weighted by molar-refractivity contribution is 6.02. The van der Waals surface area contributed by atoms with Crippen molar-refractivity contribution in [2.45, 2.75) is 20.0 Å². The Morgan fingerprint density at radius 2 is 1.77 bits per heavy atom. The van der Waals surface area contributed by atoms with Crippen molar-refractivity contribution in [2.24, 2.45) is 0 Å². The molecule has 7 nitrogen and oxygen atoms in total. The van der Waals surface area contributed by atoms with E-state index in [0.29, 0.717) is 0 Å². The van der Waals surface area contributed by atoms with Crippen LogP contribution in [0.15, 0.2) is 24.3 Å². The van der Waals surface area contributed by atoms with E-state index in [1.165, 1.54) is 6.07 Å². The predicted octanol–water partition coefficient (Wildman–Crippen LogP) is 2.83. The Morgan fingerprint density at radius 1 is 1.15 bits per heavy atom. The summed E-state index contributed by atoms with van der Waals surface area (Å²) in [4.78, 5) is 24.2. The molecule has 2 rings (SSSR count). The Balaban J connectivity index is 2.65. The molecule has 0 atom stereocenters. The van der Waals surface area contributed by atoms with Gasteiger partial charge in [-0.1, -0.05) is 6.07 Å². The molecule has 2 N–H and O–H groups in total. The van der Waals surface area contributed by atoms with Gasteiger partial charge in [0.2, 0.25) is 0 Å². The van der Waals surface area contributed by atoms with E-state index in [-0.39, 0.29) is 36.0 Å². The molecule has 26 heavy (non-hydrogen) atoms. The van der Waals surface area contributed by atoms with Crippen molar-refractivity contribution in [3.63, 3.8) is 0 Å². The van der Waals surface area contributed by atoms with Crippen molar-refractivity contribution in [2.75, 3.05) is 18.9 Å². The summed E-state index contributed by atoms with van der Waals surface area (Å²) in [6, 6.07) is 4.09. The van der Waals surface area contributed by atoms with Crippen LogP contribution in [0.3, 0.4) is 0 Å². The molecule has 0 saturated carbocycles. The second-order valence-electron chi connectivity index (χ2n) is 5.01. The number of esters is 2. The van der Waals surface area contributed by atoms with E-state index in [1.54, 1.807) is 13.8 Å². The number of alkyl halides is 3. The summed E-state index contributed by atoms with van der Waals surface area (Å²) in [7, 11) is 0. The van der Waals surface area contributed by atoms with Crippen LogP contribution in [0.4, 0.5) is 18.9 Å². The van der Waals surface area contributed by atoms with Crippen LogP contribution in [0.2, 0.25) is 0 Å². The molecular weight excluding hydrogens is 355 g/mol. The van der Waals surface area contributed by atoms with E-state index in [4.69, 9.17) is 15.2 Å². The molecule has 0 aliphatic carbocycles. The number of benzene rings is 1. The lowest BCUT2D eigenvalue weighted by atomic mass is 10.2. The first kappa shape index (κ1) is 19.3. The van der Waals surface area contributed by atoms with Crippen LogP contribution in [0, 0.1) is 0 Å². The Labute approximate surface area is 146 Å². The molecule has 0 aliphatic heterocycles. The molecule has 1 aromatic carbocycles. The molecule has 140 valence electrons. The molecule has 0 spiro atoms. The Bertz CT molecular complexity index is 831. The summed E-state index contributed by atoms with van der Waals surface area (Å²) in [6.45, 7) is 3.14. The van der Waals surface area contributed by atoms with Crippen molar-refractivity contribution in [3.05, 3.63) is 41.2 Å². The number of aromatic nitrogens is 2. The van der Waals surface area contributed by atoms with Gasteiger partial charge in [0.05, 0.1) is 24.5 Å². The maximum atomic E-state index is 13.0. The normalized spacial score (nSPS) is 11.3. The predicted molar refractivity (Wildman–Crippen MR) is 84.9 cm³/mol. The zero-order valence-corrected chi connectivity index (χ0v) is 14.0. The van der Waals surface area contributed by atoms with Gasteiger partial charge in [-0.25, -0.2) is 14.3 Å². The monoisotopic (exact) mass is 371 g/mol. The fraction of sp³-hybridized carbons (Fsp3) is 0.312. The van der Waals surface area contributed by atoms with Gasteiger partial charge in [-0.2, -0.15) is 18.3 Å². The topological polar surface area (TPSA) is 96.4 Å². The van der Waals surface area contributed by atoms with Crippen molar-refractivity contribution in [1.29, 1.82) is 0 Å². The maximum Gasteiger partial charge on any atom is 0.416 e. The highest BCUT2D eigenvalue weighted by Crippen LogP contribution is 2.31. The number of rotatable bonds is 5. The molecule has 0 saturated heterocycles. The van der Waals surface area contributed by atoms with Crippen molar-refractivity contribution < 1.29 is 32.2 Å². The number of nitrogens with zero attached hydrogens (tertiary/aromatic N) is 2. The second-order valence-corrected chi connectivity index (χ2v) is 5.01. The van der Waals surface area contributed by atoms with Crippen LogP contribution in [0.1, 0.15) is 40.4 Å². The minimum atomic E-state index is -4.59. The summed E-state index contributed by atoms with van der Waals surface area (Å²) < 4.78 is 49.4. The summed E-state index contributed by atoms with van der Waals surface area (Å²) in [5.41, 5.74) is 3.70. The van der Waals surface area contributed by atoms with Crippen molar-refractivity contribution in [1.82, 2.24) is 9.78 Å². The number of nitrogens with two attached hydrogens (primary N) is 1. The largest absolute Gasteiger partial charge is 0.461 e. The van der Waals surface area contributed by atoms with Crippen molar-refractivity contribution in [3.8, 4) is 5.69 Å². The quantitative estimate of drug-likeness (QED) is 0.812. The first-order chi connectivity index (χ1) is 12.2. The third-order valence-electron chi connectivity index (χ3n) is 3.28. The maximum absolute atomic E-state index is 13.0. The van der Waals surface area contributed by atoms with Crippen LogP contribution in [-0.4, -0.2) is 34.9 Å². The SMILES string of the molecule is CCOC(=O)c1nn(-c2cccc(C(F)(F)F)c2)c(C(=O)OCC)c1N. The second kappa shape index (κ2) is 7.46. The fourth-order valence-corrected chi connectivity index (χ4v) is 2.18. The van der Waals surface area contributed by atoms with Gasteiger partial charge in [0.1, 0.15) is 5.69 Å². The standard InChI is InChI=1S/C16H16F3N3O4/c1-3-25-14(23)12-11(20)13(15(24)26-4-2)22(21-12)10-7-5-6-9(8-10)16(17,18)19/h5-8H,3-4,20H2,1-2H3. The number of nitrogen functional groups attached to an aromatic ring is 1. The number of anilines is 1. The first-order valence-electron chi connectivity index (χ1n) is 7.61. The summed E-state index contributed by atoms with van der Waals surface area (Å²) >= 11 is 0. The average Bonchev–Trinajstić information content (AvgIpc) is 2.92. The van der Waals surface area contributed by atoms with Crippen LogP contribution in [0.25, 0.3) is 5.69 Å². The Hall–Kier alpha value is -3.04. The minimum absolute atomic E-state index is 0.000778. The van der Waals surface area contributed by atoms with Gasteiger partial charge in [-0.05, 0) is 32.0 Å². The number of halogens is 3. The highest BCUT2D eigenvalue weighted by Gasteiger charge is 2.32. The number of hydrogen-bond acceptors (Lipinski definition) is 6. The number of carbonyl (C=O) groups is 2. The van der Waals surface area contributed by atoms with Gasteiger partial charge >= 0.3 is 18.1 Å². The van der Waals surface area contributed by atoms with Gasteiger partial charge < -0.3 is 15.2 Å². The molecule has 0 amide bonds. The molecule has 0 radical (unpaired) electrons. The van der Waals surface area contributed by atoms with Crippen molar-refractivity contribution >= 4 is 17.6 Å². The zero-order valence-electron chi connectivity index (χ0n) is 14.0. The summed E-state index contributed by atoms with van der Waals surface area (Å²) in [6.07, 6.45) is -4.59.